The standard InChI is InChI=1S/C11H16ClN3O2S/c1-7(16)4-5-15(2)10(17)9-8(12)6-13-11(14-9)18-3/h6-7,16H,4-5H2,1-3H3. The predicted molar refractivity (Wildman–Crippen MR) is 72.1 cm³/mol. The van der Waals surface area contributed by atoms with Gasteiger partial charge < -0.3 is 10.0 Å². The van der Waals surface area contributed by atoms with Gasteiger partial charge >= 0.3 is 0 Å². The Balaban J connectivity index is 2.82. The van der Waals surface area contributed by atoms with E-state index in [9.17, 15) is 9.90 Å². The van der Waals surface area contributed by atoms with E-state index in [1.54, 1.807) is 14.0 Å². The van der Waals surface area contributed by atoms with Gasteiger partial charge in [-0.3, -0.25) is 4.79 Å². The van der Waals surface area contributed by atoms with Crippen LogP contribution in [-0.2, 0) is 0 Å². The molecule has 1 aromatic rings. The van der Waals surface area contributed by atoms with Crippen LogP contribution in [0.2, 0.25) is 5.02 Å². The minimum absolute atomic E-state index is 0.198. The Morgan fingerprint density at radius 3 is 2.89 bits per heavy atom. The van der Waals surface area contributed by atoms with Crippen LogP contribution in [0.3, 0.4) is 0 Å². The third-order valence-corrected chi connectivity index (χ3v) is 3.17. The fourth-order valence-corrected chi connectivity index (χ4v) is 1.77. The SMILES string of the molecule is CSc1ncc(Cl)c(C(=O)N(C)CCC(C)O)n1. The van der Waals surface area contributed by atoms with Gasteiger partial charge in [0.15, 0.2) is 10.9 Å². The summed E-state index contributed by atoms with van der Waals surface area (Å²) >= 11 is 7.27. The Labute approximate surface area is 116 Å². The molecule has 0 aliphatic rings. The van der Waals surface area contributed by atoms with Crippen molar-refractivity contribution in [2.45, 2.75) is 24.6 Å². The van der Waals surface area contributed by atoms with Crippen LogP contribution in [0.5, 0.6) is 0 Å². The molecule has 1 atom stereocenters. The van der Waals surface area contributed by atoms with Crippen molar-refractivity contribution >= 4 is 29.3 Å². The molecule has 18 heavy (non-hydrogen) atoms. The topological polar surface area (TPSA) is 66.3 Å². The Morgan fingerprint density at radius 2 is 2.33 bits per heavy atom. The molecule has 0 fully saturated rings. The number of aromatic nitrogens is 2. The first-order valence-corrected chi connectivity index (χ1v) is 7.06. The minimum atomic E-state index is -0.442. The first-order chi connectivity index (χ1) is 8.45. The number of aliphatic hydroxyl groups is 1. The monoisotopic (exact) mass is 289 g/mol. The van der Waals surface area contributed by atoms with Gasteiger partial charge in [-0.25, -0.2) is 9.97 Å². The van der Waals surface area contributed by atoms with Crippen LogP contribution in [0.1, 0.15) is 23.8 Å². The first-order valence-electron chi connectivity index (χ1n) is 5.45. The molecular weight excluding hydrogens is 274 g/mol. The molecular formula is C11H16ClN3O2S. The number of carbonyl (C=O) groups excluding carboxylic acids is 1. The van der Waals surface area contributed by atoms with Crippen LogP contribution >= 0.6 is 23.4 Å². The number of aliphatic hydroxyl groups excluding tert-OH is 1. The van der Waals surface area contributed by atoms with Crippen molar-refractivity contribution in [3.05, 3.63) is 16.9 Å². The summed E-state index contributed by atoms with van der Waals surface area (Å²) in [5.41, 5.74) is 0.198. The molecule has 1 rings (SSSR count). The van der Waals surface area contributed by atoms with Crippen LogP contribution in [0.25, 0.3) is 0 Å². The summed E-state index contributed by atoms with van der Waals surface area (Å²) in [7, 11) is 1.65. The zero-order valence-electron chi connectivity index (χ0n) is 10.6. The summed E-state index contributed by atoms with van der Waals surface area (Å²) in [6, 6.07) is 0. The highest BCUT2D eigenvalue weighted by Gasteiger charge is 2.18. The molecule has 1 amide bonds. The number of nitrogens with zero attached hydrogens (tertiary/aromatic N) is 3. The van der Waals surface area contributed by atoms with Crippen molar-refractivity contribution in [1.29, 1.82) is 0 Å². The van der Waals surface area contributed by atoms with Crippen molar-refractivity contribution in [3.63, 3.8) is 0 Å². The second-order valence-electron chi connectivity index (χ2n) is 3.92. The molecule has 0 saturated heterocycles. The zero-order valence-corrected chi connectivity index (χ0v) is 12.1. The zero-order chi connectivity index (χ0) is 13.7. The molecule has 7 heteroatoms. The summed E-state index contributed by atoms with van der Waals surface area (Å²) in [5.74, 6) is -0.265. The Hall–Kier alpha value is -0.850. The fourth-order valence-electron chi connectivity index (χ4n) is 1.26. The van der Waals surface area contributed by atoms with E-state index >= 15 is 0 Å². The van der Waals surface area contributed by atoms with E-state index in [-0.39, 0.29) is 16.6 Å². The van der Waals surface area contributed by atoms with Gasteiger partial charge in [0.1, 0.15) is 0 Å². The lowest BCUT2D eigenvalue weighted by atomic mass is 10.2. The summed E-state index contributed by atoms with van der Waals surface area (Å²) in [5, 5.41) is 9.94. The summed E-state index contributed by atoms with van der Waals surface area (Å²) < 4.78 is 0. The Bertz CT molecular complexity index is 429. The van der Waals surface area contributed by atoms with Gasteiger partial charge in [-0.15, -0.1) is 0 Å². The van der Waals surface area contributed by atoms with Crippen molar-refractivity contribution in [2.24, 2.45) is 0 Å². The molecule has 1 heterocycles. The van der Waals surface area contributed by atoms with Crippen LogP contribution < -0.4 is 0 Å². The smallest absolute Gasteiger partial charge is 0.273 e. The third kappa shape index (κ3) is 4.12. The molecule has 1 N–H and O–H groups in total. The van der Waals surface area contributed by atoms with Crippen molar-refractivity contribution in [3.8, 4) is 0 Å². The fraction of sp³-hybridized carbons (Fsp3) is 0.545. The van der Waals surface area contributed by atoms with Crippen LogP contribution in [0, 0.1) is 0 Å². The largest absolute Gasteiger partial charge is 0.393 e. The molecule has 100 valence electrons. The quantitative estimate of drug-likeness (QED) is 0.660. The highest BCUT2D eigenvalue weighted by atomic mass is 35.5. The van der Waals surface area contributed by atoms with E-state index in [1.165, 1.54) is 22.9 Å². The Kier molecular flexibility index (Phi) is 5.84. The van der Waals surface area contributed by atoms with E-state index in [2.05, 4.69) is 9.97 Å². The molecule has 0 aromatic carbocycles. The molecule has 0 aliphatic carbocycles. The molecule has 0 spiro atoms. The number of rotatable bonds is 5. The lowest BCUT2D eigenvalue weighted by Gasteiger charge is -2.18. The van der Waals surface area contributed by atoms with Crippen molar-refractivity contribution in [1.82, 2.24) is 14.9 Å². The second-order valence-corrected chi connectivity index (χ2v) is 5.10. The minimum Gasteiger partial charge on any atom is -0.393 e. The first kappa shape index (κ1) is 15.2. The van der Waals surface area contributed by atoms with Crippen LogP contribution in [0.15, 0.2) is 11.4 Å². The molecule has 1 unspecified atom stereocenters. The maximum absolute atomic E-state index is 12.1. The normalized spacial score (nSPS) is 12.3. The molecule has 0 radical (unpaired) electrons. The number of carbonyl (C=O) groups is 1. The maximum Gasteiger partial charge on any atom is 0.273 e. The highest BCUT2D eigenvalue weighted by Crippen LogP contribution is 2.17. The summed E-state index contributed by atoms with van der Waals surface area (Å²) in [6.45, 7) is 2.13. The van der Waals surface area contributed by atoms with Crippen LogP contribution in [-0.4, -0.2) is 51.8 Å². The van der Waals surface area contributed by atoms with Crippen molar-refractivity contribution < 1.29 is 9.90 Å². The van der Waals surface area contributed by atoms with E-state index in [1.807, 2.05) is 6.26 Å². The Morgan fingerprint density at radius 1 is 1.67 bits per heavy atom. The molecule has 1 aromatic heterocycles. The van der Waals surface area contributed by atoms with E-state index < -0.39 is 6.10 Å². The number of hydrogen-bond donors (Lipinski definition) is 1. The lowest BCUT2D eigenvalue weighted by Crippen LogP contribution is -2.30. The van der Waals surface area contributed by atoms with Crippen molar-refractivity contribution in [2.75, 3.05) is 19.8 Å². The van der Waals surface area contributed by atoms with Gasteiger partial charge in [0.05, 0.1) is 17.3 Å². The second kappa shape index (κ2) is 6.92. The highest BCUT2D eigenvalue weighted by molar-refractivity contribution is 7.98. The van der Waals surface area contributed by atoms with E-state index in [0.717, 1.165) is 0 Å². The molecule has 0 saturated carbocycles. The average Bonchev–Trinajstić information content (AvgIpc) is 2.35. The van der Waals surface area contributed by atoms with Gasteiger partial charge in [0, 0.05) is 13.6 Å². The molecule has 0 bridgehead atoms. The molecule has 0 aliphatic heterocycles. The summed E-state index contributed by atoms with van der Waals surface area (Å²) in [4.78, 5) is 21.7. The van der Waals surface area contributed by atoms with E-state index in [0.29, 0.717) is 18.1 Å². The van der Waals surface area contributed by atoms with Gasteiger partial charge in [-0.05, 0) is 19.6 Å². The van der Waals surface area contributed by atoms with Gasteiger partial charge in [0.2, 0.25) is 0 Å². The summed E-state index contributed by atoms with van der Waals surface area (Å²) in [6.07, 6.45) is 3.33. The lowest BCUT2D eigenvalue weighted by molar-refractivity contribution is 0.0762. The average molecular weight is 290 g/mol. The number of amides is 1. The van der Waals surface area contributed by atoms with Gasteiger partial charge in [-0.2, -0.15) is 0 Å². The number of thioether (sulfide) groups is 1. The number of hydrogen-bond acceptors (Lipinski definition) is 5. The predicted octanol–water partition coefficient (Wildman–Crippen LogP) is 1.69. The van der Waals surface area contributed by atoms with Crippen LogP contribution in [0.4, 0.5) is 0 Å². The van der Waals surface area contributed by atoms with Gasteiger partial charge in [-0.1, -0.05) is 23.4 Å². The molecule has 5 nitrogen and oxygen atoms in total. The van der Waals surface area contributed by atoms with Gasteiger partial charge in [0.25, 0.3) is 5.91 Å². The number of halogens is 1. The maximum atomic E-state index is 12.1. The third-order valence-electron chi connectivity index (χ3n) is 2.34. The van der Waals surface area contributed by atoms with E-state index in [4.69, 9.17) is 11.6 Å².